The third-order valence-electron chi connectivity index (χ3n) is 2.10. The highest BCUT2D eigenvalue weighted by Gasteiger charge is 2.10. The molecular formula is C12H8Br2N2O. The molecule has 1 amide bonds. The number of nitrogens with zero attached hydrogens (tertiary/aromatic N) is 1. The molecule has 0 aliphatic rings. The van der Waals surface area contributed by atoms with Gasteiger partial charge in [0.15, 0.2) is 0 Å². The quantitative estimate of drug-likeness (QED) is 0.888. The normalized spacial score (nSPS) is 10.0. The molecule has 1 N–H and O–H groups in total. The predicted octanol–water partition coefficient (Wildman–Crippen LogP) is 3.86. The summed E-state index contributed by atoms with van der Waals surface area (Å²) in [5.74, 6) is -0.169. The average Bonchev–Trinajstić information content (AvgIpc) is 2.30. The highest BCUT2D eigenvalue weighted by molar-refractivity contribution is 9.11. The molecule has 1 heterocycles. The standard InChI is InChI=1S/C12H8Br2N2O/c13-8-3-4-10(11(14)6-8)12(17)16-9-2-1-5-15-7-9/h1-7H,(H,16,17). The lowest BCUT2D eigenvalue weighted by atomic mass is 10.2. The smallest absolute Gasteiger partial charge is 0.256 e. The van der Waals surface area contributed by atoms with E-state index in [1.165, 1.54) is 0 Å². The summed E-state index contributed by atoms with van der Waals surface area (Å²) in [7, 11) is 0. The SMILES string of the molecule is O=C(Nc1cccnc1)c1ccc(Br)cc1Br. The lowest BCUT2D eigenvalue weighted by molar-refractivity contribution is 0.102. The van der Waals surface area contributed by atoms with Crippen molar-refractivity contribution in [2.45, 2.75) is 0 Å². The maximum absolute atomic E-state index is 12.0. The van der Waals surface area contributed by atoms with Crippen LogP contribution in [0.3, 0.4) is 0 Å². The fourth-order valence-electron chi connectivity index (χ4n) is 1.31. The minimum atomic E-state index is -0.169. The molecule has 0 unspecified atom stereocenters. The molecule has 17 heavy (non-hydrogen) atoms. The zero-order valence-corrected chi connectivity index (χ0v) is 11.8. The minimum Gasteiger partial charge on any atom is -0.321 e. The maximum Gasteiger partial charge on any atom is 0.256 e. The predicted molar refractivity (Wildman–Crippen MR) is 74.0 cm³/mol. The molecule has 1 aromatic heterocycles. The molecule has 86 valence electrons. The number of halogens is 2. The topological polar surface area (TPSA) is 42.0 Å². The molecule has 0 spiro atoms. The van der Waals surface area contributed by atoms with Gasteiger partial charge in [0.05, 0.1) is 17.4 Å². The number of benzene rings is 1. The van der Waals surface area contributed by atoms with Gasteiger partial charge in [0, 0.05) is 15.1 Å². The van der Waals surface area contributed by atoms with Gasteiger partial charge in [0.2, 0.25) is 0 Å². The van der Waals surface area contributed by atoms with Crippen LogP contribution in [0.4, 0.5) is 5.69 Å². The number of carbonyl (C=O) groups excluding carboxylic acids is 1. The number of pyridine rings is 1. The van der Waals surface area contributed by atoms with E-state index in [-0.39, 0.29) is 5.91 Å². The van der Waals surface area contributed by atoms with Gasteiger partial charge in [-0.15, -0.1) is 0 Å². The van der Waals surface area contributed by atoms with Crippen LogP contribution in [0.1, 0.15) is 10.4 Å². The lowest BCUT2D eigenvalue weighted by Gasteiger charge is -2.06. The second kappa shape index (κ2) is 5.42. The van der Waals surface area contributed by atoms with Crippen molar-refractivity contribution < 1.29 is 4.79 Å². The van der Waals surface area contributed by atoms with E-state index in [1.807, 2.05) is 12.1 Å². The lowest BCUT2D eigenvalue weighted by Crippen LogP contribution is -2.12. The van der Waals surface area contributed by atoms with Crippen molar-refractivity contribution in [1.29, 1.82) is 0 Å². The number of amides is 1. The second-order valence-corrected chi connectivity index (χ2v) is 5.09. The molecule has 0 saturated heterocycles. The Morgan fingerprint density at radius 1 is 1.24 bits per heavy atom. The van der Waals surface area contributed by atoms with Crippen molar-refractivity contribution >= 4 is 43.5 Å². The zero-order chi connectivity index (χ0) is 12.3. The molecule has 0 aliphatic carbocycles. The van der Waals surface area contributed by atoms with Gasteiger partial charge in [-0.05, 0) is 46.3 Å². The summed E-state index contributed by atoms with van der Waals surface area (Å²) in [6.45, 7) is 0. The first kappa shape index (κ1) is 12.3. The summed E-state index contributed by atoms with van der Waals surface area (Å²) in [4.78, 5) is 15.9. The second-order valence-electron chi connectivity index (χ2n) is 3.32. The van der Waals surface area contributed by atoms with Crippen molar-refractivity contribution in [1.82, 2.24) is 4.98 Å². The molecule has 0 aliphatic heterocycles. The number of rotatable bonds is 2. The van der Waals surface area contributed by atoms with Crippen LogP contribution in [0, 0.1) is 0 Å². The number of hydrogen-bond donors (Lipinski definition) is 1. The molecular weight excluding hydrogens is 348 g/mol. The fourth-order valence-corrected chi connectivity index (χ4v) is 2.54. The van der Waals surface area contributed by atoms with Crippen LogP contribution in [0.2, 0.25) is 0 Å². The third-order valence-corrected chi connectivity index (χ3v) is 3.24. The first-order chi connectivity index (χ1) is 8.16. The van der Waals surface area contributed by atoms with Gasteiger partial charge in [0.25, 0.3) is 5.91 Å². The Labute approximate surface area is 116 Å². The maximum atomic E-state index is 12.0. The van der Waals surface area contributed by atoms with Gasteiger partial charge in [-0.3, -0.25) is 9.78 Å². The van der Waals surface area contributed by atoms with E-state index in [0.717, 1.165) is 8.95 Å². The highest BCUT2D eigenvalue weighted by Crippen LogP contribution is 2.22. The largest absolute Gasteiger partial charge is 0.321 e. The van der Waals surface area contributed by atoms with Crippen molar-refractivity contribution in [3.8, 4) is 0 Å². The first-order valence-corrected chi connectivity index (χ1v) is 6.42. The molecule has 2 aromatic rings. The van der Waals surface area contributed by atoms with Gasteiger partial charge < -0.3 is 5.32 Å². The molecule has 0 radical (unpaired) electrons. The van der Waals surface area contributed by atoms with Crippen LogP contribution < -0.4 is 5.32 Å². The van der Waals surface area contributed by atoms with Crippen molar-refractivity contribution in [3.05, 3.63) is 57.2 Å². The van der Waals surface area contributed by atoms with Crippen LogP contribution >= 0.6 is 31.9 Å². The van der Waals surface area contributed by atoms with Gasteiger partial charge in [0.1, 0.15) is 0 Å². The minimum absolute atomic E-state index is 0.169. The summed E-state index contributed by atoms with van der Waals surface area (Å²) in [5.41, 5.74) is 1.25. The number of hydrogen-bond acceptors (Lipinski definition) is 2. The molecule has 0 fully saturated rings. The van der Waals surface area contributed by atoms with Crippen LogP contribution in [0.25, 0.3) is 0 Å². The Morgan fingerprint density at radius 3 is 2.71 bits per heavy atom. The van der Waals surface area contributed by atoms with Crippen molar-refractivity contribution in [3.63, 3.8) is 0 Å². The molecule has 2 rings (SSSR count). The number of nitrogens with one attached hydrogen (secondary N) is 1. The Kier molecular flexibility index (Phi) is 3.91. The van der Waals surface area contributed by atoms with E-state index in [2.05, 4.69) is 42.2 Å². The highest BCUT2D eigenvalue weighted by atomic mass is 79.9. The Balaban J connectivity index is 2.21. The number of anilines is 1. The van der Waals surface area contributed by atoms with E-state index in [0.29, 0.717) is 11.3 Å². The van der Waals surface area contributed by atoms with Crippen LogP contribution in [-0.2, 0) is 0 Å². The number of aromatic nitrogens is 1. The van der Waals surface area contributed by atoms with E-state index in [4.69, 9.17) is 0 Å². The Bertz CT molecular complexity index is 543. The van der Waals surface area contributed by atoms with Gasteiger partial charge in [-0.25, -0.2) is 0 Å². The molecule has 3 nitrogen and oxygen atoms in total. The summed E-state index contributed by atoms with van der Waals surface area (Å²) < 4.78 is 1.66. The average molecular weight is 356 g/mol. The zero-order valence-electron chi connectivity index (χ0n) is 8.65. The Hall–Kier alpha value is -1.20. The fraction of sp³-hybridized carbons (Fsp3) is 0. The third kappa shape index (κ3) is 3.14. The molecule has 0 atom stereocenters. The molecule has 5 heteroatoms. The van der Waals surface area contributed by atoms with E-state index in [9.17, 15) is 4.79 Å². The van der Waals surface area contributed by atoms with Crippen molar-refractivity contribution in [2.24, 2.45) is 0 Å². The number of carbonyl (C=O) groups is 1. The van der Waals surface area contributed by atoms with E-state index in [1.54, 1.807) is 30.6 Å². The van der Waals surface area contributed by atoms with Gasteiger partial charge in [-0.1, -0.05) is 15.9 Å². The summed E-state index contributed by atoms with van der Waals surface area (Å²) in [6.07, 6.45) is 3.26. The van der Waals surface area contributed by atoms with Crippen LogP contribution in [0.15, 0.2) is 51.7 Å². The van der Waals surface area contributed by atoms with Gasteiger partial charge in [-0.2, -0.15) is 0 Å². The van der Waals surface area contributed by atoms with Crippen LogP contribution in [0.5, 0.6) is 0 Å². The summed E-state index contributed by atoms with van der Waals surface area (Å²) in [5, 5.41) is 2.77. The Morgan fingerprint density at radius 2 is 2.06 bits per heavy atom. The van der Waals surface area contributed by atoms with Crippen LogP contribution in [-0.4, -0.2) is 10.9 Å². The van der Waals surface area contributed by atoms with Gasteiger partial charge >= 0.3 is 0 Å². The van der Waals surface area contributed by atoms with E-state index < -0.39 is 0 Å². The first-order valence-electron chi connectivity index (χ1n) is 4.83. The summed E-state index contributed by atoms with van der Waals surface area (Å²) >= 11 is 6.70. The monoisotopic (exact) mass is 354 g/mol. The molecule has 1 aromatic carbocycles. The molecule has 0 saturated carbocycles. The van der Waals surface area contributed by atoms with E-state index >= 15 is 0 Å². The summed E-state index contributed by atoms with van der Waals surface area (Å²) in [6, 6.07) is 8.96. The molecule has 0 bridgehead atoms. The van der Waals surface area contributed by atoms with Crippen molar-refractivity contribution in [2.75, 3.05) is 5.32 Å².